The van der Waals surface area contributed by atoms with E-state index in [0.717, 1.165) is 20.9 Å². The molecule has 16 heavy (non-hydrogen) atoms. The number of hydrogen-bond donors (Lipinski definition) is 1. The number of halogens is 2. The van der Waals surface area contributed by atoms with Gasteiger partial charge in [0.1, 0.15) is 5.82 Å². The Kier molecular flexibility index (Phi) is 3.69. The van der Waals surface area contributed by atoms with Crippen molar-refractivity contribution in [1.29, 1.82) is 0 Å². The van der Waals surface area contributed by atoms with Crippen LogP contribution in [0, 0.1) is 0 Å². The van der Waals surface area contributed by atoms with Gasteiger partial charge in [-0.05, 0) is 22.0 Å². The maximum atomic E-state index is 8.92. The van der Waals surface area contributed by atoms with Gasteiger partial charge in [0.25, 0.3) is 0 Å². The Balaban J connectivity index is 2.48. The van der Waals surface area contributed by atoms with Gasteiger partial charge in [-0.2, -0.15) is 0 Å². The summed E-state index contributed by atoms with van der Waals surface area (Å²) in [5.74, 6) is 0.798. The van der Waals surface area contributed by atoms with Gasteiger partial charge in [0.05, 0.1) is 17.2 Å². The van der Waals surface area contributed by atoms with Crippen molar-refractivity contribution in [2.24, 2.45) is 7.05 Å². The normalized spacial score (nSPS) is 11.0. The molecule has 0 aliphatic rings. The molecule has 0 spiro atoms. The molecule has 0 aliphatic carbocycles. The van der Waals surface area contributed by atoms with E-state index in [0.29, 0.717) is 11.6 Å². The second kappa shape index (κ2) is 4.87. The van der Waals surface area contributed by atoms with Gasteiger partial charge in [-0.3, -0.25) is 0 Å². The van der Waals surface area contributed by atoms with Crippen LogP contribution in [0.5, 0.6) is 0 Å². The number of nitrogens with zero attached hydrogens (tertiary/aromatic N) is 2. The Hall–Kier alpha value is -0.360. The van der Waals surface area contributed by atoms with Gasteiger partial charge in [-0.15, -0.1) is 11.3 Å². The van der Waals surface area contributed by atoms with Crippen molar-refractivity contribution in [2.45, 2.75) is 6.42 Å². The van der Waals surface area contributed by atoms with E-state index in [1.54, 1.807) is 11.3 Å². The zero-order chi connectivity index (χ0) is 11.7. The second-order valence-corrected chi connectivity index (χ2v) is 5.51. The van der Waals surface area contributed by atoms with Gasteiger partial charge in [-0.25, -0.2) is 4.98 Å². The molecule has 2 rings (SSSR count). The molecule has 2 aromatic rings. The molecule has 0 saturated carbocycles. The van der Waals surface area contributed by atoms with Crippen LogP contribution in [0.1, 0.15) is 5.82 Å². The molecule has 0 fully saturated rings. The Labute approximate surface area is 111 Å². The van der Waals surface area contributed by atoms with Crippen molar-refractivity contribution in [1.82, 2.24) is 9.55 Å². The molecule has 6 heteroatoms. The summed E-state index contributed by atoms with van der Waals surface area (Å²) in [6.07, 6.45) is 0.517. The van der Waals surface area contributed by atoms with E-state index in [-0.39, 0.29) is 6.61 Å². The number of imidazole rings is 1. The molecular formula is C10H10BrClN2OS. The fourth-order valence-corrected chi connectivity index (χ4v) is 3.43. The number of aromatic nitrogens is 2. The smallest absolute Gasteiger partial charge is 0.156 e. The molecule has 2 heterocycles. The van der Waals surface area contributed by atoms with Gasteiger partial charge < -0.3 is 9.67 Å². The molecule has 0 saturated heterocycles. The molecule has 0 radical (unpaired) electrons. The highest BCUT2D eigenvalue weighted by molar-refractivity contribution is 9.10. The van der Waals surface area contributed by atoms with Crippen LogP contribution >= 0.6 is 38.9 Å². The lowest BCUT2D eigenvalue weighted by Gasteiger charge is -2.02. The number of aliphatic hydroxyl groups is 1. The molecule has 1 N–H and O–H groups in total. The van der Waals surface area contributed by atoms with Crippen LogP contribution in [0.3, 0.4) is 0 Å². The van der Waals surface area contributed by atoms with Crippen LogP contribution in [-0.2, 0) is 13.5 Å². The van der Waals surface area contributed by atoms with Gasteiger partial charge in [0.15, 0.2) is 5.15 Å². The summed E-state index contributed by atoms with van der Waals surface area (Å²) in [5, 5.41) is 11.4. The van der Waals surface area contributed by atoms with Crippen molar-refractivity contribution in [3.8, 4) is 10.6 Å². The standard InChI is InChI=1S/C10H10BrClN2OS/c1-14-8(2-3-15)13-10(12)9(14)7-4-6(11)5-16-7/h4-5,15H,2-3H2,1H3. The van der Waals surface area contributed by atoms with Crippen molar-refractivity contribution >= 4 is 38.9 Å². The van der Waals surface area contributed by atoms with Crippen LogP contribution < -0.4 is 0 Å². The van der Waals surface area contributed by atoms with Gasteiger partial charge in [0.2, 0.25) is 0 Å². The maximum Gasteiger partial charge on any atom is 0.156 e. The molecule has 0 aromatic carbocycles. The molecule has 0 amide bonds. The van der Waals surface area contributed by atoms with Gasteiger partial charge in [-0.1, -0.05) is 11.6 Å². The number of rotatable bonds is 3. The van der Waals surface area contributed by atoms with E-state index in [9.17, 15) is 0 Å². The Morgan fingerprint density at radius 1 is 1.62 bits per heavy atom. The Morgan fingerprint density at radius 2 is 2.38 bits per heavy atom. The topological polar surface area (TPSA) is 38.0 Å². The molecule has 3 nitrogen and oxygen atoms in total. The first-order valence-electron chi connectivity index (χ1n) is 4.70. The maximum absolute atomic E-state index is 8.92. The van der Waals surface area contributed by atoms with Crippen LogP contribution in [0.25, 0.3) is 10.6 Å². The van der Waals surface area contributed by atoms with Gasteiger partial charge in [0, 0.05) is 23.3 Å². The zero-order valence-electron chi connectivity index (χ0n) is 8.57. The number of aliphatic hydroxyl groups excluding tert-OH is 1. The summed E-state index contributed by atoms with van der Waals surface area (Å²) >= 11 is 11.1. The van der Waals surface area contributed by atoms with Gasteiger partial charge >= 0.3 is 0 Å². The van der Waals surface area contributed by atoms with E-state index in [2.05, 4.69) is 20.9 Å². The predicted octanol–water partition coefficient (Wildman–Crippen LogP) is 3.10. The van der Waals surface area contributed by atoms with Crippen LogP contribution in [-0.4, -0.2) is 21.3 Å². The highest BCUT2D eigenvalue weighted by Gasteiger charge is 2.15. The lowest BCUT2D eigenvalue weighted by Crippen LogP contribution is -2.01. The summed E-state index contributed by atoms with van der Waals surface area (Å²) in [6, 6.07) is 2.01. The summed E-state index contributed by atoms with van der Waals surface area (Å²) < 4.78 is 2.96. The van der Waals surface area contributed by atoms with E-state index in [1.807, 2.05) is 23.1 Å². The quantitative estimate of drug-likeness (QED) is 0.943. The predicted molar refractivity (Wildman–Crippen MR) is 70.0 cm³/mol. The monoisotopic (exact) mass is 320 g/mol. The lowest BCUT2D eigenvalue weighted by molar-refractivity contribution is 0.295. The fraction of sp³-hybridized carbons (Fsp3) is 0.300. The average Bonchev–Trinajstić information content (AvgIpc) is 2.74. The summed E-state index contributed by atoms with van der Waals surface area (Å²) in [4.78, 5) is 5.31. The third kappa shape index (κ3) is 2.18. The zero-order valence-corrected chi connectivity index (χ0v) is 11.7. The molecule has 0 aliphatic heterocycles. The Morgan fingerprint density at radius 3 is 2.94 bits per heavy atom. The first kappa shape index (κ1) is 12.1. The first-order valence-corrected chi connectivity index (χ1v) is 6.75. The minimum atomic E-state index is 0.0781. The minimum absolute atomic E-state index is 0.0781. The largest absolute Gasteiger partial charge is 0.396 e. The summed E-state index contributed by atoms with van der Waals surface area (Å²) in [6.45, 7) is 0.0781. The van der Waals surface area contributed by atoms with Crippen molar-refractivity contribution in [3.63, 3.8) is 0 Å². The molecule has 0 bridgehead atoms. The lowest BCUT2D eigenvalue weighted by atomic mass is 10.3. The molecule has 2 aromatic heterocycles. The van der Waals surface area contributed by atoms with Crippen LogP contribution in [0.15, 0.2) is 15.9 Å². The highest BCUT2D eigenvalue weighted by Crippen LogP contribution is 2.34. The third-order valence-corrected chi connectivity index (χ3v) is 4.24. The number of thiophene rings is 1. The summed E-state index contributed by atoms with van der Waals surface area (Å²) in [5.41, 5.74) is 0.904. The van der Waals surface area contributed by atoms with Crippen molar-refractivity contribution in [3.05, 3.63) is 26.9 Å². The third-order valence-electron chi connectivity index (χ3n) is 2.28. The van der Waals surface area contributed by atoms with Crippen molar-refractivity contribution in [2.75, 3.05) is 6.61 Å². The Bertz CT molecular complexity index is 509. The molecular weight excluding hydrogens is 312 g/mol. The van der Waals surface area contributed by atoms with E-state index >= 15 is 0 Å². The van der Waals surface area contributed by atoms with Crippen LogP contribution in [0.2, 0.25) is 5.15 Å². The fourth-order valence-electron chi connectivity index (χ4n) is 1.54. The average molecular weight is 322 g/mol. The summed E-state index contributed by atoms with van der Waals surface area (Å²) in [7, 11) is 1.91. The minimum Gasteiger partial charge on any atom is -0.396 e. The molecule has 0 unspecified atom stereocenters. The SMILES string of the molecule is Cn1c(CCO)nc(Cl)c1-c1cc(Br)cs1. The van der Waals surface area contributed by atoms with Crippen LogP contribution in [0.4, 0.5) is 0 Å². The van der Waals surface area contributed by atoms with E-state index in [4.69, 9.17) is 16.7 Å². The highest BCUT2D eigenvalue weighted by atomic mass is 79.9. The van der Waals surface area contributed by atoms with Crippen molar-refractivity contribution < 1.29 is 5.11 Å². The van der Waals surface area contributed by atoms with E-state index < -0.39 is 0 Å². The second-order valence-electron chi connectivity index (χ2n) is 3.33. The van der Waals surface area contributed by atoms with E-state index in [1.165, 1.54) is 0 Å². The number of hydrogen-bond acceptors (Lipinski definition) is 3. The molecule has 0 atom stereocenters. The molecule has 86 valence electrons. The first-order chi connectivity index (χ1) is 7.63.